The van der Waals surface area contributed by atoms with Crippen LogP contribution in [-0.2, 0) is 61.6 Å². The summed E-state index contributed by atoms with van der Waals surface area (Å²) < 4.78 is 71.3. The quantitative estimate of drug-likeness (QED) is 0.0875. The van der Waals surface area contributed by atoms with Crippen LogP contribution in [0.5, 0.6) is 0 Å². The minimum absolute atomic E-state index is 0.516. The molecule has 0 aliphatic carbocycles. The topological polar surface area (TPSA) is 120 Å². The van der Waals surface area contributed by atoms with E-state index in [4.69, 9.17) is 61.6 Å². The molecule has 0 unspecified atom stereocenters. The first-order valence-corrected chi connectivity index (χ1v) is 17.6. The Hall–Kier alpha value is -0.520. The average molecular weight is 687 g/mol. The molecule has 0 aromatic rings. The van der Waals surface area contributed by atoms with Gasteiger partial charge in [0.15, 0.2) is 0 Å². The van der Waals surface area contributed by atoms with E-state index < -0.39 is 0 Å². The Bertz CT molecular complexity index is 512. The minimum Gasteiger partial charge on any atom is -0.379 e. The molecule has 0 N–H and O–H groups in total. The molecule has 0 spiro atoms. The van der Waals surface area contributed by atoms with Gasteiger partial charge in [-0.1, -0.05) is 27.7 Å². The lowest BCUT2D eigenvalue weighted by Crippen LogP contribution is -2.15. The van der Waals surface area contributed by atoms with Gasteiger partial charge in [0.05, 0.1) is 159 Å². The van der Waals surface area contributed by atoms with Crippen LogP contribution in [-0.4, -0.2) is 172 Å². The van der Waals surface area contributed by atoms with E-state index in [1.165, 1.54) is 0 Å². The number of rotatable bonds is 42. The fourth-order valence-corrected chi connectivity index (χ4v) is 3.38. The third-order valence-corrected chi connectivity index (χ3v) is 6.14. The normalized spacial score (nSPS) is 11.9. The molecule has 0 aliphatic rings. The van der Waals surface area contributed by atoms with E-state index in [1.807, 2.05) is 0 Å². The van der Waals surface area contributed by atoms with Crippen molar-refractivity contribution in [1.29, 1.82) is 0 Å². The van der Waals surface area contributed by atoms with Crippen molar-refractivity contribution in [3.8, 4) is 0 Å². The molecule has 0 aromatic heterocycles. The Balaban J connectivity index is 3.05. The first-order chi connectivity index (χ1) is 23.1. The highest BCUT2D eigenvalue weighted by atomic mass is 16.6. The van der Waals surface area contributed by atoms with Crippen LogP contribution in [0.2, 0.25) is 0 Å². The average Bonchev–Trinajstić information content (AvgIpc) is 3.05. The molecule has 0 radical (unpaired) electrons. The summed E-state index contributed by atoms with van der Waals surface area (Å²) in [5.41, 5.74) is 0. The van der Waals surface area contributed by atoms with Gasteiger partial charge in [0.1, 0.15) is 0 Å². The highest BCUT2D eigenvalue weighted by Gasteiger charge is 1.98. The van der Waals surface area contributed by atoms with Crippen molar-refractivity contribution in [3.63, 3.8) is 0 Å². The van der Waals surface area contributed by atoms with Crippen LogP contribution in [0.15, 0.2) is 0 Å². The van der Waals surface area contributed by atoms with Gasteiger partial charge < -0.3 is 61.6 Å². The maximum atomic E-state index is 5.49. The van der Waals surface area contributed by atoms with Crippen molar-refractivity contribution in [3.05, 3.63) is 0 Å². The lowest BCUT2D eigenvalue weighted by molar-refractivity contribution is -0.0291. The van der Waals surface area contributed by atoms with Gasteiger partial charge in [0, 0.05) is 13.2 Å². The fraction of sp³-hybridized carbons (Fsp3) is 1.00. The molecule has 47 heavy (non-hydrogen) atoms. The molecule has 13 nitrogen and oxygen atoms in total. The van der Waals surface area contributed by atoms with Crippen LogP contribution in [0, 0.1) is 11.8 Å². The third-order valence-electron chi connectivity index (χ3n) is 6.14. The molecule has 0 saturated carbocycles. The van der Waals surface area contributed by atoms with Crippen molar-refractivity contribution < 1.29 is 61.6 Å². The lowest BCUT2D eigenvalue weighted by Gasteiger charge is -2.09. The van der Waals surface area contributed by atoms with Crippen molar-refractivity contribution in [2.24, 2.45) is 11.8 Å². The van der Waals surface area contributed by atoms with Gasteiger partial charge in [-0.05, 0) is 24.7 Å². The summed E-state index contributed by atoms with van der Waals surface area (Å²) in [6.07, 6.45) is 2.16. The molecular weight excluding hydrogens is 616 g/mol. The summed E-state index contributed by atoms with van der Waals surface area (Å²) >= 11 is 0. The molecule has 0 atom stereocenters. The van der Waals surface area contributed by atoms with Gasteiger partial charge in [-0.25, -0.2) is 0 Å². The Labute approximate surface area is 285 Å². The van der Waals surface area contributed by atoms with Crippen LogP contribution in [0.25, 0.3) is 0 Å². The van der Waals surface area contributed by atoms with Gasteiger partial charge in [0.2, 0.25) is 0 Å². The van der Waals surface area contributed by atoms with Crippen LogP contribution in [0.3, 0.4) is 0 Å². The summed E-state index contributed by atoms with van der Waals surface area (Å²) in [7, 11) is 0. The molecule has 0 heterocycles. The van der Waals surface area contributed by atoms with E-state index in [0.29, 0.717) is 170 Å². The molecule has 0 saturated heterocycles. The van der Waals surface area contributed by atoms with Crippen LogP contribution in [0.1, 0.15) is 40.5 Å². The monoisotopic (exact) mass is 686 g/mol. The summed E-state index contributed by atoms with van der Waals surface area (Å²) in [5, 5.41) is 0. The van der Waals surface area contributed by atoms with E-state index in [0.717, 1.165) is 26.1 Å². The lowest BCUT2D eigenvalue weighted by atomic mass is 10.1. The summed E-state index contributed by atoms with van der Waals surface area (Å²) in [4.78, 5) is 0. The summed E-state index contributed by atoms with van der Waals surface area (Å²) in [6, 6.07) is 0. The standard InChI is InChI=1S/C34H70O13/c1-33(2)5-7-35-9-11-37-13-15-39-17-19-41-21-23-43-25-27-45-29-31-47-32-30-46-28-26-44-24-22-42-20-18-40-16-14-38-12-10-36-8-6-34(3)4/h33-34H,5-32H2,1-4H3. The smallest absolute Gasteiger partial charge is 0.0701 e. The van der Waals surface area contributed by atoms with Gasteiger partial charge in [-0.3, -0.25) is 0 Å². The Morgan fingerprint density at radius 1 is 0.191 bits per heavy atom. The highest BCUT2D eigenvalue weighted by Crippen LogP contribution is 1.99. The van der Waals surface area contributed by atoms with Gasteiger partial charge in [-0.2, -0.15) is 0 Å². The molecular formula is C34H70O13. The number of hydrogen-bond acceptors (Lipinski definition) is 13. The van der Waals surface area contributed by atoms with Crippen LogP contribution < -0.4 is 0 Å². The molecule has 0 rings (SSSR count). The van der Waals surface area contributed by atoms with Crippen LogP contribution in [0.4, 0.5) is 0 Å². The van der Waals surface area contributed by atoms with E-state index in [2.05, 4.69) is 27.7 Å². The second-order valence-corrected chi connectivity index (χ2v) is 11.3. The predicted molar refractivity (Wildman–Crippen MR) is 180 cm³/mol. The van der Waals surface area contributed by atoms with E-state index in [1.54, 1.807) is 0 Å². The van der Waals surface area contributed by atoms with E-state index in [9.17, 15) is 0 Å². The second kappa shape index (κ2) is 41.7. The molecule has 0 amide bonds. The largest absolute Gasteiger partial charge is 0.379 e. The Morgan fingerprint density at radius 2 is 0.298 bits per heavy atom. The molecule has 13 heteroatoms. The maximum absolute atomic E-state index is 5.49. The zero-order chi connectivity index (χ0) is 34.1. The van der Waals surface area contributed by atoms with E-state index >= 15 is 0 Å². The SMILES string of the molecule is CC(C)CCOCCOCCOCCOCCOCCOCCOCCOCCOCCOCCOCCOCCOCCC(C)C. The highest BCUT2D eigenvalue weighted by molar-refractivity contribution is 4.44. The zero-order valence-electron chi connectivity index (χ0n) is 30.3. The second-order valence-electron chi connectivity index (χ2n) is 11.3. The summed E-state index contributed by atoms with van der Waals surface area (Å²) in [6.45, 7) is 23.4. The van der Waals surface area contributed by atoms with Gasteiger partial charge >= 0.3 is 0 Å². The molecule has 0 aliphatic heterocycles. The van der Waals surface area contributed by atoms with Crippen LogP contribution >= 0.6 is 0 Å². The molecule has 284 valence electrons. The van der Waals surface area contributed by atoms with Crippen molar-refractivity contribution in [2.75, 3.05) is 172 Å². The number of ether oxygens (including phenoxy) is 13. The van der Waals surface area contributed by atoms with Crippen molar-refractivity contribution in [1.82, 2.24) is 0 Å². The zero-order valence-corrected chi connectivity index (χ0v) is 30.3. The molecule has 0 bridgehead atoms. The third kappa shape index (κ3) is 45.5. The molecule has 0 fully saturated rings. The Morgan fingerprint density at radius 3 is 0.404 bits per heavy atom. The number of hydrogen-bond donors (Lipinski definition) is 0. The minimum atomic E-state index is 0.516. The first kappa shape index (κ1) is 46.5. The Kier molecular flexibility index (Phi) is 41.2. The van der Waals surface area contributed by atoms with Crippen molar-refractivity contribution >= 4 is 0 Å². The van der Waals surface area contributed by atoms with Gasteiger partial charge in [-0.15, -0.1) is 0 Å². The summed E-state index contributed by atoms with van der Waals surface area (Å²) in [5.74, 6) is 1.34. The van der Waals surface area contributed by atoms with E-state index in [-0.39, 0.29) is 0 Å². The predicted octanol–water partition coefficient (Wildman–Crippen LogP) is 3.29. The van der Waals surface area contributed by atoms with Gasteiger partial charge in [0.25, 0.3) is 0 Å². The fourth-order valence-electron chi connectivity index (χ4n) is 3.38. The maximum Gasteiger partial charge on any atom is 0.0701 e. The van der Waals surface area contributed by atoms with Crippen molar-refractivity contribution in [2.45, 2.75) is 40.5 Å². The first-order valence-electron chi connectivity index (χ1n) is 17.6. The molecule has 0 aromatic carbocycles.